The minimum Gasteiger partial charge on any atom is -0.493 e. The quantitative estimate of drug-likeness (QED) is 0.855. The summed E-state index contributed by atoms with van der Waals surface area (Å²) in [7, 11) is 0. The Hall–Kier alpha value is -1.06. The molecule has 2 unspecified atom stereocenters. The monoisotopic (exact) mass is 294 g/mol. The molecule has 2 heterocycles. The van der Waals surface area contributed by atoms with Crippen LogP contribution in [-0.4, -0.2) is 25.1 Å². The Balaban J connectivity index is 1.80. The van der Waals surface area contributed by atoms with Crippen LogP contribution in [0.3, 0.4) is 0 Å². The number of hydrogen-bond acceptors (Lipinski definition) is 3. The average Bonchev–Trinajstić information content (AvgIpc) is 3.06. The largest absolute Gasteiger partial charge is 0.493 e. The van der Waals surface area contributed by atoms with Crippen LogP contribution in [0.4, 0.5) is 0 Å². The molecule has 0 saturated carbocycles. The van der Waals surface area contributed by atoms with E-state index in [4.69, 9.17) is 21.1 Å². The first-order chi connectivity index (χ1) is 9.69. The molecule has 4 heteroatoms. The Bertz CT molecular complexity index is 527. The molecule has 108 valence electrons. The predicted molar refractivity (Wildman–Crippen MR) is 77.5 cm³/mol. The minimum atomic E-state index is 0.0241. The van der Waals surface area contributed by atoms with Gasteiger partial charge in [-0.05, 0) is 30.5 Å². The predicted octanol–water partition coefficient (Wildman–Crippen LogP) is 3.20. The van der Waals surface area contributed by atoms with Crippen molar-refractivity contribution >= 4 is 17.4 Å². The van der Waals surface area contributed by atoms with E-state index in [0.29, 0.717) is 24.7 Å². The highest BCUT2D eigenvalue weighted by molar-refractivity contribution is 6.30. The second kappa shape index (κ2) is 5.74. The lowest BCUT2D eigenvalue weighted by Gasteiger charge is -2.16. The summed E-state index contributed by atoms with van der Waals surface area (Å²) < 4.78 is 11.3. The summed E-state index contributed by atoms with van der Waals surface area (Å²) in [6.07, 6.45) is 3.08. The average molecular weight is 295 g/mol. The first-order valence-electron chi connectivity index (χ1n) is 7.27. The van der Waals surface area contributed by atoms with E-state index in [0.717, 1.165) is 36.1 Å². The summed E-state index contributed by atoms with van der Waals surface area (Å²) in [4.78, 5) is 12.5. The molecular weight excluding hydrogens is 276 g/mol. The lowest BCUT2D eigenvalue weighted by molar-refractivity contribution is -0.123. The Morgan fingerprint density at radius 2 is 2.25 bits per heavy atom. The minimum absolute atomic E-state index is 0.0241. The van der Waals surface area contributed by atoms with Crippen molar-refractivity contribution in [3.63, 3.8) is 0 Å². The van der Waals surface area contributed by atoms with Crippen molar-refractivity contribution < 1.29 is 14.3 Å². The van der Waals surface area contributed by atoms with Gasteiger partial charge in [0.25, 0.3) is 0 Å². The number of halogens is 1. The van der Waals surface area contributed by atoms with E-state index in [1.165, 1.54) is 0 Å². The van der Waals surface area contributed by atoms with Crippen LogP contribution in [0, 0.1) is 5.92 Å². The Kier molecular flexibility index (Phi) is 3.99. The number of fused-ring (bicyclic) bond motifs is 1. The third-order valence-corrected chi connectivity index (χ3v) is 4.43. The van der Waals surface area contributed by atoms with Gasteiger partial charge in [0.15, 0.2) is 0 Å². The van der Waals surface area contributed by atoms with Crippen LogP contribution in [-0.2, 0) is 22.4 Å². The number of Topliss-reactive ketones (excluding diaryl/α,β-unsaturated/α-hetero) is 1. The third-order valence-electron chi connectivity index (χ3n) is 4.22. The van der Waals surface area contributed by atoms with E-state index in [-0.39, 0.29) is 17.8 Å². The maximum atomic E-state index is 12.5. The molecule has 0 N–H and O–H groups in total. The molecule has 3 nitrogen and oxygen atoms in total. The van der Waals surface area contributed by atoms with Gasteiger partial charge in [-0.1, -0.05) is 18.5 Å². The van der Waals surface area contributed by atoms with Gasteiger partial charge in [0, 0.05) is 36.0 Å². The SMILES string of the molecule is CCC1OCCC1C(=O)Cc1cc(Cl)cc2c1OCC2. The number of carbonyl (C=O) groups excluding carboxylic acids is 1. The van der Waals surface area contributed by atoms with E-state index >= 15 is 0 Å². The van der Waals surface area contributed by atoms with Crippen molar-refractivity contribution in [2.45, 2.75) is 38.7 Å². The van der Waals surface area contributed by atoms with Gasteiger partial charge < -0.3 is 9.47 Å². The zero-order chi connectivity index (χ0) is 14.1. The fourth-order valence-corrected chi connectivity index (χ4v) is 3.48. The number of carbonyl (C=O) groups is 1. The van der Waals surface area contributed by atoms with Crippen molar-refractivity contribution in [1.82, 2.24) is 0 Å². The standard InChI is InChI=1S/C16H19ClO3/c1-2-15-13(4-6-19-15)14(18)9-11-8-12(17)7-10-3-5-20-16(10)11/h7-8,13,15H,2-6,9H2,1H3. The van der Waals surface area contributed by atoms with Crippen LogP contribution in [0.1, 0.15) is 30.9 Å². The number of ether oxygens (including phenoxy) is 2. The maximum absolute atomic E-state index is 12.5. The molecule has 1 fully saturated rings. The van der Waals surface area contributed by atoms with Crippen LogP contribution >= 0.6 is 11.6 Å². The lowest BCUT2D eigenvalue weighted by atomic mass is 9.90. The summed E-state index contributed by atoms with van der Waals surface area (Å²) in [5, 5.41) is 0.687. The van der Waals surface area contributed by atoms with Gasteiger partial charge in [0.2, 0.25) is 0 Å². The van der Waals surface area contributed by atoms with Gasteiger partial charge in [-0.25, -0.2) is 0 Å². The van der Waals surface area contributed by atoms with Crippen molar-refractivity contribution in [2.75, 3.05) is 13.2 Å². The maximum Gasteiger partial charge on any atom is 0.143 e. The van der Waals surface area contributed by atoms with Gasteiger partial charge in [-0.3, -0.25) is 4.79 Å². The summed E-state index contributed by atoms with van der Waals surface area (Å²) in [5.74, 6) is 1.14. The second-order valence-corrected chi connectivity index (χ2v) is 5.94. The smallest absolute Gasteiger partial charge is 0.143 e. The fraction of sp³-hybridized carbons (Fsp3) is 0.562. The highest BCUT2D eigenvalue weighted by atomic mass is 35.5. The molecule has 3 rings (SSSR count). The number of benzene rings is 1. The molecule has 1 saturated heterocycles. The summed E-state index contributed by atoms with van der Waals surface area (Å²) in [6.45, 7) is 3.44. The van der Waals surface area contributed by atoms with Crippen molar-refractivity contribution in [3.8, 4) is 5.75 Å². The van der Waals surface area contributed by atoms with Crippen molar-refractivity contribution in [2.24, 2.45) is 5.92 Å². The summed E-state index contributed by atoms with van der Waals surface area (Å²) in [5.41, 5.74) is 2.05. The van der Waals surface area contributed by atoms with E-state index in [2.05, 4.69) is 6.92 Å². The van der Waals surface area contributed by atoms with E-state index < -0.39 is 0 Å². The highest BCUT2D eigenvalue weighted by Crippen LogP contribution is 2.34. The topological polar surface area (TPSA) is 35.5 Å². The molecule has 2 aliphatic rings. The Morgan fingerprint density at radius 3 is 3.05 bits per heavy atom. The fourth-order valence-electron chi connectivity index (χ4n) is 3.22. The summed E-state index contributed by atoms with van der Waals surface area (Å²) >= 11 is 6.14. The van der Waals surface area contributed by atoms with Crippen LogP contribution < -0.4 is 4.74 Å². The van der Waals surface area contributed by atoms with Crippen molar-refractivity contribution in [1.29, 1.82) is 0 Å². The van der Waals surface area contributed by atoms with E-state index in [1.54, 1.807) is 0 Å². The van der Waals surface area contributed by atoms with Gasteiger partial charge >= 0.3 is 0 Å². The Morgan fingerprint density at radius 1 is 1.40 bits per heavy atom. The molecule has 2 atom stereocenters. The molecule has 1 aromatic carbocycles. The Labute approximate surface area is 124 Å². The molecule has 0 radical (unpaired) electrons. The van der Waals surface area contributed by atoms with Gasteiger partial charge in [-0.15, -0.1) is 0 Å². The number of ketones is 1. The zero-order valence-corrected chi connectivity index (χ0v) is 12.4. The van der Waals surface area contributed by atoms with Gasteiger partial charge in [-0.2, -0.15) is 0 Å². The second-order valence-electron chi connectivity index (χ2n) is 5.51. The molecular formula is C16H19ClO3. The highest BCUT2D eigenvalue weighted by Gasteiger charge is 2.33. The molecule has 0 bridgehead atoms. The van der Waals surface area contributed by atoms with Crippen molar-refractivity contribution in [3.05, 3.63) is 28.3 Å². The molecule has 20 heavy (non-hydrogen) atoms. The molecule has 0 spiro atoms. The van der Waals surface area contributed by atoms with Crippen LogP contribution in [0.15, 0.2) is 12.1 Å². The summed E-state index contributed by atoms with van der Waals surface area (Å²) in [6, 6.07) is 3.80. The number of hydrogen-bond donors (Lipinski definition) is 0. The lowest BCUT2D eigenvalue weighted by Crippen LogP contribution is -2.25. The van der Waals surface area contributed by atoms with E-state index in [1.807, 2.05) is 12.1 Å². The molecule has 2 aliphatic heterocycles. The normalized spacial score (nSPS) is 24.5. The first kappa shape index (κ1) is 13.9. The van der Waals surface area contributed by atoms with E-state index in [9.17, 15) is 4.79 Å². The molecule has 0 aliphatic carbocycles. The number of rotatable bonds is 4. The van der Waals surface area contributed by atoms with Gasteiger partial charge in [0.1, 0.15) is 11.5 Å². The third kappa shape index (κ3) is 2.57. The molecule has 1 aromatic rings. The first-order valence-corrected chi connectivity index (χ1v) is 7.65. The van der Waals surface area contributed by atoms with Crippen LogP contribution in [0.2, 0.25) is 5.02 Å². The van der Waals surface area contributed by atoms with Crippen LogP contribution in [0.5, 0.6) is 5.75 Å². The van der Waals surface area contributed by atoms with Gasteiger partial charge in [0.05, 0.1) is 12.7 Å². The molecule has 0 aromatic heterocycles. The van der Waals surface area contributed by atoms with Crippen LogP contribution in [0.25, 0.3) is 0 Å². The zero-order valence-electron chi connectivity index (χ0n) is 11.7. The molecule has 0 amide bonds.